The fraction of sp³-hybridized carbons (Fsp3) is 0.222. The molecule has 0 radical (unpaired) electrons. The summed E-state index contributed by atoms with van der Waals surface area (Å²) in [4.78, 5) is 64.3. The van der Waals surface area contributed by atoms with Crippen LogP contribution in [0.4, 0.5) is 0 Å². The SMILES string of the molecule is C[C@@H](N=Cc1c(O)n(-c2ccc(Cl)cc2)c(=O)[nH]c1=O)C(=O)N[C@@H](CC(N)=O)C(=O)O. The number of nitrogens with zero attached hydrogens (tertiary/aromatic N) is 2. The van der Waals surface area contributed by atoms with Crippen LogP contribution in [-0.2, 0) is 14.4 Å². The smallest absolute Gasteiger partial charge is 0.335 e. The average molecular weight is 452 g/mol. The van der Waals surface area contributed by atoms with Crippen LogP contribution in [0.1, 0.15) is 18.9 Å². The number of benzene rings is 1. The van der Waals surface area contributed by atoms with E-state index >= 15 is 0 Å². The van der Waals surface area contributed by atoms with Crippen molar-refractivity contribution >= 4 is 35.6 Å². The van der Waals surface area contributed by atoms with E-state index in [0.29, 0.717) is 5.02 Å². The molecule has 31 heavy (non-hydrogen) atoms. The second kappa shape index (κ2) is 9.71. The van der Waals surface area contributed by atoms with Crippen LogP contribution in [-0.4, -0.2) is 55.8 Å². The van der Waals surface area contributed by atoms with Crippen molar-refractivity contribution in [3.63, 3.8) is 0 Å². The lowest BCUT2D eigenvalue weighted by Gasteiger charge is -2.14. The summed E-state index contributed by atoms with van der Waals surface area (Å²) in [6, 6.07) is 3.06. The molecule has 2 aromatic rings. The van der Waals surface area contributed by atoms with Crippen molar-refractivity contribution in [3.8, 4) is 11.6 Å². The first-order valence-electron chi connectivity index (χ1n) is 8.70. The number of carboxylic acids is 1. The number of hydrogen-bond acceptors (Lipinski definition) is 7. The van der Waals surface area contributed by atoms with Crippen molar-refractivity contribution in [1.82, 2.24) is 14.9 Å². The summed E-state index contributed by atoms with van der Waals surface area (Å²) in [6.45, 7) is 1.29. The number of nitrogens with two attached hydrogens (primary N) is 1. The molecule has 12 nitrogen and oxygen atoms in total. The number of aliphatic carboxylic acids is 1. The maximum Gasteiger partial charge on any atom is 0.335 e. The lowest BCUT2D eigenvalue weighted by atomic mass is 10.2. The van der Waals surface area contributed by atoms with Crippen molar-refractivity contribution in [3.05, 3.63) is 55.7 Å². The Morgan fingerprint density at radius 2 is 1.90 bits per heavy atom. The zero-order valence-electron chi connectivity index (χ0n) is 16.0. The molecule has 0 aliphatic heterocycles. The zero-order valence-corrected chi connectivity index (χ0v) is 16.8. The highest BCUT2D eigenvalue weighted by atomic mass is 35.5. The van der Waals surface area contributed by atoms with Crippen LogP contribution in [0.5, 0.6) is 5.88 Å². The predicted octanol–water partition coefficient (Wildman–Crippen LogP) is -0.863. The van der Waals surface area contributed by atoms with Gasteiger partial charge in [-0.1, -0.05) is 11.6 Å². The van der Waals surface area contributed by atoms with Gasteiger partial charge >= 0.3 is 11.7 Å². The van der Waals surface area contributed by atoms with Crippen LogP contribution in [0.3, 0.4) is 0 Å². The number of primary amides is 1. The summed E-state index contributed by atoms with van der Waals surface area (Å²) in [7, 11) is 0. The van der Waals surface area contributed by atoms with E-state index in [1.165, 1.54) is 31.2 Å². The number of carboxylic acid groups (broad SMARTS) is 1. The second-order valence-corrected chi connectivity index (χ2v) is 6.77. The molecule has 6 N–H and O–H groups in total. The van der Waals surface area contributed by atoms with E-state index < -0.39 is 59.0 Å². The summed E-state index contributed by atoms with van der Waals surface area (Å²) in [6.07, 6.45) is 0.248. The van der Waals surface area contributed by atoms with Crippen molar-refractivity contribution in [1.29, 1.82) is 0 Å². The molecule has 2 rings (SSSR count). The average Bonchev–Trinajstić information content (AvgIpc) is 2.67. The molecule has 2 atom stereocenters. The summed E-state index contributed by atoms with van der Waals surface area (Å²) in [5, 5.41) is 21.9. The molecule has 0 saturated heterocycles. The Labute approximate surface area is 179 Å². The van der Waals surface area contributed by atoms with Crippen molar-refractivity contribution in [2.75, 3.05) is 0 Å². The standard InChI is InChI=1S/C18H18ClN5O7/c1-8(14(26)22-12(17(29)30)6-13(20)25)21-7-11-15(27)23-18(31)24(16(11)28)10-4-2-9(19)3-5-10/h2-5,7-8,12,28H,6H2,1H3,(H2,20,25)(H,22,26)(H,29,30)(H,23,27,31)/t8-,12+/m1/s1. The van der Waals surface area contributed by atoms with Crippen LogP contribution in [0.15, 0.2) is 38.8 Å². The number of halogens is 1. The number of aromatic hydroxyl groups is 1. The van der Waals surface area contributed by atoms with Crippen molar-refractivity contribution < 1.29 is 24.6 Å². The van der Waals surface area contributed by atoms with Gasteiger partial charge in [-0.05, 0) is 31.2 Å². The van der Waals surface area contributed by atoms with Crippen LogP contribution in [0, 0.1) is 0 Å². The number of nitrogens with one attached hydrogen (secondary N) is 2. The first-order chi connectivity index (χ1) is 14.5. The minimum Gasteiger partial charge on any atom is -0.493 e. The maximum atomic E-state index is 12.1. The summed E-state index contributed by atoms with van der Waals surface area (Å²) in [5.74, 6) is -3.99. The number of amides is 2. The highest BCUT2D eigenvalue weighted by Crippen LogP contribution is 2.17. The molecule has 1 aromatic heterocycles. The normalized spacial score (nSPS) is 13.0. The van der Waals surface area contributed by atoms with Gasteiger partial charge in [0, 0.05) is 11.2 Å². The lowest BCUT2D eigenvalue weighted by molar-refractivity contribution is -0.143. The molecule has 0 fully saturated rings. The van der Waals surface area contributed by atoms with E-state index in [2.05, 4.69) is 10.3 Å². The molecular formula is C18H18ClN5O7. The van der Waals surface area contributed by atoms with Crippen LogP contribution < -0.4 is 22.3 Å². The summed E-state index contributed by atoms with van der Waals surface area (Å²) >= 11 is 5.80. The minimum absolute atomic E-state index is 0.208. The molecule has 0 spiro atoms. The summed E-state index contributed by atoms with van der Waals surface area (Å²) < 4.78 is 0.803. The highest BCUT2D eigenvalue weighted by Gasteiger charge is 2.24. The Hall–Kier alpha value is -3.93. The monoisotopic (exact) mass is 451 g/mol. The summed E-state index contributed by atoms with van der Waals surface area (Å²) in [5.41, 5.74) is 2.87. The van der Waals surface area contributed by atoms with Gasteiger partial charge in [-0.2, -0.15) is 0 Å². The van der Waals surface area contributed by atoms with Gasteiger partial charge in [0.05, 0.1) is 12.1 Å². The Bertz CT molecular complexity index is 1150. The maximum absolute atomic E-state index is 12.1. The van der Waals surface area contributed by atoms with Gasteiger partial charge in [0.1, 0.15) is 17.6 Å². The molecular weight excluding hydrogens is 434 g/mol. The number of rotatable bonds is 8. The Morgan fingerprint density at radius 3 is 2.45 bits per heavy atom. The number of aromatic amines is 1. The fourth-order valence-electron chi connectivity index (χ4n) is 2.43. The minimum atomic E-state index is -1.55. The largest absolute Gasteiger partial charge is 0.493 e. The number of H-pyrrole nitrogens is 1. The van der Waals surface area contributed by atoms with Gasteiger partial charge in [0.15, 0.2) is 0 Å². The van der Waals surface area contributed by atoms with Crippen LogP contribution >= 0.6 is 11.6 Å². The van der Waals surface area contributed by atoms with Crippen molar-refractivity contribution in [2.24, 2.45) is 10.7 Å². The predicted molar refractivity (Wildman–Crippen MR) is 110 cm³/mol. The van der Waals surface area contributed by atoms with Gasteiger partial charge in [-0.15, -0.1) is 0 Å². The third-order valence-corrected chi connectivity index (χ3v) is 4.28. The number of aliphatic imine (C=N–C) groups is 1. The Kier molecular flexibility index (Phi) is 7.32. The van der Waals surface area contributed by atoms with E-state index in [1.54, 1.807) is 0 Å². The fourth-order valence-corrected chi connectivity index (χ4v) is 2.56. The zero-order chi connectivity index (χ0) is 23.3. The molecule has 164 valence electrons. The molecule has 0 aliphatic carbocycles. The van der Waals surface area contributed by atoms with Gasteiger partial charge in [0.2, 0.25) is 17.7 Å². The molecule has 0 saturated carbocycles. The van der Waals surface area contributed by atoms with Gasteiger partial charge in [0.25, 0.3) is 5.56 Å². The van der Waals surface area contributed by atoms with Gasteiger partial charge in [-0.25, -0.2) is 14.2 Å². The second-order valence-electron chi connectivity index (χ2n) is 6.33. The number of aromatic nitrogens is 2. The topological polar surface area (TPSA) is 197 Å². The first-order valence-corrected chi connectivity index (χ1v) is 9.08. The Balaban J connectivity index is 2.32. The number of hydrogen-bond donors (Lipinski definition) is 5. The molecule has 13 heteroatoms. The van der Waals surface area contributed by atoms with E-state index in [-0.39, 0.29) is 5.69 Å². The van der Waals surface area contributed by atoms with E-state index in [9.17, 15) is 29.1 Å². The highest BCUT2D eigenvalue weighted by molar-refractivity contribution is 6.30. The molecule has 1 aromatic carbocycles. The molecule has 0 aliphatic rings. The van der Waals surface area contributed by atoms with E-state index in [4.69, 9.17) is 22.4 Å². The van der Waals surface area contributed by atoms with Crippen molar-refractivity contribution in [2.45, 2.75) is 25.4 Å². The third-order valence-electron chi connectivity index (χ3n) is 4.03. The van der Waals surface area contributed by atoms with Gasteiger partial charge < -0.3 is 21.3 Å². The molecule has 0 bridgehead atoms. The van der Waals surface area contributed by atoms with E-state index in [0.717, 1.165) is 10.8 Å². The van der Waals surface area contributed by atoms with Crippen LogP contribution in [0.2, 0.25) is 5.02 Å². The Morgan fingerprint density at radius 1 is 1.29 bits per heavy atom. The molecule has 1 heterocycles. The quantitative estimate of drug-likeness (QED) is 0.321. The van der Waals surface area contributed by atoms with Crippen LogP contribution in [0.25, 0.3) is 5.69 Å². The first kappa shape index (κ1) is 23.3. The molecule has 0 unspecified atom stereocenters. The molecule has 2 amide bonds. The number of carbonyl (C=O) groups is 3. The lowest BCUT2D eigenvalue weighted by Crippen LogP contribution is -2.46. The van der Waals surface area contributed by atoms with E-state index in [1.807, 2.05) is 4.98 Å². The van der Waals surface area contributed by atoms with Gasteiger partial charge in [-0.3, -0.25) is 24.4 Å². The number of carbonyl (C=O) groups excluding carboxylic acids is 2. The third kappa shape index (κ3) is 5.79.